The Hall–Kier alpha value is -2.14. The van der Waals surface area contributed by atoms with Crippen molar-refractivity contribution in [1.82, 2.24) is 10.2 Å². The van der Waals surface area contributed by atoms with Crippen LogP contribution < -0.4 is 10.3 Å². The molecule has 1 N–H and O–H groups in total. The normalized spacial score (nSPS) is 14.2. The predicted octanol–water partition coefficient (Wildman–Crippen LogP) is 4.24. The Labute approximate surface area is 141 Å². The van der Waals surface area contributed by atoms with Crippen LogP contribution in [-0.2, 0) is 0 Å². The van der Waals surface area contributed by atoms with Gasteiger partial charge in [0, 0.05) is 15.4 Å². The lowest BCUT2D eigenvalue weighted by atomic mass is 10.0. The molecule has 4 rings (SSSR count). The second-order valence-corrected chi connectivity index (χ2v) is 6.74. The Morgan fingerprint density at radius 3 is 2.74 bits per heavy atom. The van der Waals surface area contributed by atoms with Crippen LogP contribution in [0.2, 0.25) is 0 Å². The lowest BCUT2D eigenvalue weighted by Gasteiger charge is -2.12. The van der Waals surface area contributed by atoms with E-state index in [1.54, 1.807) is 7.11 Å². The number of halogens is 1. The van der Waals surface area contributed by atoms with E-state index in [1.165, 1.54) is 18.4 Å². The monoisotopic (exact) mass is 370 g/mol. The van der Waals surface area contributed by atoms with E-state index in [2.05, 4.69) is 38.3 Å². The number of fused-ring (bicyclic) bond motifs is 1. The molecule has 1 aliphatic carbocycles. The van der Waals surface area contributed by atoms with Crippen LogP contribution in [0.15, 0.2) is 45.7 Å². The molecule has 116 valence electrons. The van der Waals surface area contributed by atoms with E-state index in [9.17, 15) is 4.79 Å². The Balaban J connectivity index is 1.95. The van der Waals surface area contributed by atoms with Crippen LogP contribution in [0.5, 0.6) is 5.75 Å². The Morgan fingerprint density at radius 1 is 1.17 bits per heavy atom. The maximum absolute atomic E-state index is 12.1. The van der Waals surface area contributed by atoms with E-state index in [1.807, 2.05) is 24.3 Å². The first-order valence-corrected chi connectivity index (χ1v) is 8.33. The summed E-state index contributed by atoms with van der Waals surface area (Å²) in [4.78, 5) is 12.1. The van der Waals surface area contributed by atoms with Gasteiger partial charge >= 0.3 is 0 Å². The number of nitrogens with zero attached hydrogens (tertiary/aromatic N) is 1. The highest BCUT2D eigenvalue weighted by Gasteiger charge is 2.25. The van der Waals surface area contributed by atoms with Crippen molar-refractivity contribution >= 4 is 26.7 Å². The number of ether oxygens (including phenoxy) is 1. The minimum Gasteiger partial charge on any atom is -0.496 e. The van der Waals surface area contributed by atoms with E-state index in [0.717, 1.165) is 26.9 Å². The van der Waals surface area contributed by atoms with E-state index >= 15 is 0 Å². The molecule has 0 radical (unpaired) electrons. The fourth-order valence-electron chi connectivity index (χ4n) is 2.92. The molecule has 0 unspecified atom stereocenters. The molecule has 4 nitrogen and oxygen atoms in total. The summed E-state index contributed by atoms with van der Waals surface area (Å²) in [6.07, 6.45) is 2.49. The van der Waals surface area contributed by atoms with Gasteiger partial charge in [-0.3, -0.25) is 4.79 Å². The van der Waals surface area contributed by atoms with Gasteiger partial charge in [0.15, 0.2) is 0 Å². The zero-order valence-electron chi connectivity index (χ0n) is 12.6. The average Bonchev–Trinajstić information content (AvgIpc) is 3.40. The van der Waals surface area contributed by atoms with E-state index in [4.69, 9.17) is 4.74 Å². The van der Waals surface area contributed by atoms with E-state index in [0.29, 0.717) is 11.3 Å². The molecule has 1 aromatic heterocycles. The highest BCUT2D eigenvalue weighted by atomic mass is 79.9. The quantitative estimate of drug-likeness (QED) is 0.749. The zero-order valence-corrected chi connectivity index (χ0v) is 14.2. The van der Waals surface area contributed by atoms with Crippen molar-refractivity contribution in [1.29, 1.82) is 0 Å². The highest BCUT2D eigenvalue weighted by Crippen LogP contribution is 2.43. The van der Waals surface area contributed by atoms with Gasteiger partial charge in [0.25, 0.3) is 5.56 Å². The molecule has 3 aromatic rings. The van der Waals surface area contributed by atoms with Crippen molar-refractivity contribution in [2.45, 2.75) is 18.8 Å². The van der Waals surface area contributed by atoms with Crippen LogP contribution in [0.25, 0.3) is 22.0 Å². The summed E-state index contributed by atoms with van der Waals surface area (Å²) in [6.45, 7) is 0. The SMILES string of the molecule is COc1cc(C2CC2)ccc1-c1n[nH]c(=O)c2cc(Br)ccc12. The summed E-state index contributed by atoms with van der Waals surface area (Å²) in [5.41, 5.74) is 2.73. The minimum atomic E-state index is -0.196. The largest absolute Gasteiger partial charge is 0.496 e. The van der Waals surface area contributed by atoms with Gasteiger partial charge in [-0.2, -0.15) is 5.10 Å². The van der Waals surface area contributed by atoms with Crippen molar-refractivity contribution in [3.63, 3.8) is 0 Å². The van der Waals surface area contributed by atoms with E-state index < -0.39 is 0 Å². The fourth-order valence-corrected chi connectivity index (χ4v) is 3.28. The van der Waals surface area contributed by atoms with Gasteiger partial charge in [0.2, 0.25) is 0 Å². The van der Waals surface area contributed by atoms with Crippen LogP contribution in [0, 0.1) is 0 Å². The molecule has 0 bridgehead atoms. The Morgan fingerprint density at radius 2 is 2.00 bits per heavy atom. The van der Waals surface area contributed by atoms with Gasteiger partial charge in [-0.25, -0.2) is 5.10 Å². The smallest absolute Gasteiger partial charge is 0.272 e. The first kappa shape index (κ1) is 14.5. The third-order valence-corrected chi connectivity index (χ3v) is 4.77. The van der Waals surface area contributed by atoms with Gasteiger partial charge < -0.3 is 4.74 Å². The number of hydrogen-bond donors (Lipinski definition) is 1. The van der Waals surface area contributed by atoms with Crippen molar-refractivity contribution in [3.05, 3.63) is 56.8 Å². The minimum absolute atomic E-state index is 0.196. The summed E-state index contributed by atoms with van der Waals surface area (Å²) in [7, 11) is 1.67. The third kappa shape index (κ3) is 2.55. The van der Waals surface area contributed by atoms with Crippen LogP contribution in [-0.4, -0.2) is 17.3 Å². The number of hydrogen-bond acceptors (Lipinski definition) is 3. The molecule has 1 fully saturated rings. The molecular formula is C18H15BrN2O2. The van der Waals surface area contributed by atoms with Crippen LogP contribution >= 0.6 is 15.9 Å². The van der Waals surface area contributed by atoms with Crippen LogP contribution in [0.4, 0.5) is 0 Å². The number of nitrogens with one attached hydrogen (secondary N) is 1. The van der Waals surface area contributed by atoms with E-state index in [-0.39, 0.29) is 5.56 Å². The van der Waals surface area contributed by atoms with Crippen LogP contribution in [0.1, 0.15) is 24.3 Å². The summed E-state index contributed by atoms with van der Waals surface area (Å²) in [6, 6.07) is 11.9. The van der Waals surface area contributed by atoms with Crippen molar-refractivity contribution in [2.24, 2.45) is 0 Å². The third-order valence-electron chi connectivity index (χ3n) is 4.28. The average molecular weight is 371 g/mol. The van der Waals surface area contributed by atoms with Gasteiger partial charge in [-0.15, -0.1) is 0 Å². The summed E-state index contributed by atoms with van der Waals surface area (Å²) in [5.74, 6) is 1.45. The lowest BCUT2D eigenvalue weighted by molar-refractivity contribution is 0.416. The molecule has 2 aromatic carbocycles. The maximum Gasteiger partial charge on any atom is 0.272 e. The fraction of sp³-hybridized carbons (Fsp3) is 0.222. The maximum atomic E-state index is 12.1. The van der Waals surface area contributed by atoms with Crippen LogP contribution in [0.3, 0.4) is 0 Å². The molecule has 1 saturated carbocycles. The second kappa shape index (κ2) is 5.49. The Bertz CT molecular complexity index is 961. The molecule has 1 heterocycles. The van der Waals surface area contributed by atoms with Gasteiger partial charge in [0.1, 0.15) is 11.4 Å². The van der Waals surface area contributed by atoms with Crippen molar-refractivity contribution in [3.8, 4) is 17.0 Å². The molecule has 23 heavy (non-hydrogen) atoms. The van der Waals surface area contributed by atoms with Crippen molar-refractivity contribution < 1.29 is 4.74 Å². The van der Waals surface area contributed by atoms with Gasteiger partial charge in [0.05, 0.1) is 12.5 Å². The number of H-pyrrole nitrogens is 1. The first-order chi connectivity index (χ1) is 11.2. The molecule has 0 aliphatic heterocycles. The summed E-state index contributed by atoms with van der Waals surface area (Å²) >= 11 is 3.41. The number of rotatable bonds is 3. The summed E-state index contributed by atoms with van der Waals surface area (Å²) in [5, 5.41) is 8.28. The van der Waals surface area contributed by atoms with Gasteiger partial charge in [-0.05, 0) is 48.6 Å². The number of benzene rings is 2. The first-order valence-electron chi connectivity index (χ1n) is 7.53. The molecule has 0 atom stereocenters. The molecule has 1 aliphatic rings. The molecule has 5 heteroatoms. The molecule has 0 amide bonds. The molecule has 0 saturated heterocycles. The zero-order chi connectivity index (χ0) is 16.0. The number of aromatic nitrogens is 2. The second-order valence-electron chi connectivity index (χ2n) is 5.83. The lowest BCUT2D eigenvalue weighted by Crippen LogP contribution is -2.09. The van der Waals surface area contributed by atoms with Gasteiger partial charge in [-0.1, -0.05) is 28.1 Å². The highest BCUT2D eigenvalue weighted by molar-refractivity contribution is 9.10. The molecular weight excluding hydrogens is 356 g/mol. The molecule has 0 spiro atoms. The predicted molar refractivity (Wildman–Crippen MR) is 94.0 cm³/mol. The standard InChI is InChI=1S/C18H15BrN2O2/c1-23-16-8-11(10-2-3-10)4-6-14(16)17-13-7-5-12(19)9-15(13)18(22)21-20-17/h4-10H,2-3H2,1H3,(H,21,22). The summed E-state index contributed by atoms with van der Waals surface area (Å²) < 4.78 is 6.44. The number of methoxy groups -OCH3 is 1. The number of aromatic amines is 1. The van der Waals surface area contributed by atoms with Crippen molar-refractivity contribution in [2.75, 3.05) is 7.11 Å². The topological polar surface area (TPSA) is 55.0 Å². The Kier molecular flexibility index (Phi) is 3.45.